The van der Waals surface area contributed by atoms with Gasteiger partial charge in [-0.25, -0.2) is 4.18 Å². The van der Waals surface area contributed by atoms with Gasteiger partial charge in [0, 0.05) is 27.7 Å². The normalized spacial score (nSPS) is 41.2. The number of hydrogen-bond donors (Lipinski definition) is 21. The van der Waals surface area contributed by atoms with E-state index >= 15 is 0 Å². The molecule has 29 atom stereocenters. The van der Waals surface area contributed by atoms with Crippen LogP contribution in [0.5, 0.6) is 0 Å². The summed E-state index contributed by atoms with van der Waals surface area (Å²) in [5.41, 5.74) is 0. The van der Waals surface area contributed by atoms with Crippen molar-refractivity contribution in [1.29, 1.82) is 0 Å². The lowest BCUT2D eigenvalue weighted by atomic mass is 9.94. The Bertz CT molecular complexity index is 2200. The van der Waals surface area contributed by atoms with Crippen molar-refractivity contribution in [2.45, 2.75) is 205 Å². The van der Waals surface area contributed by atoms with Crippen LogP contribution >= 0.6 is 0 Å². The molecular weight excluding hydrogens is 1160 g/mol. The molecule has 0 saturated carbocycles. The highest BCUT2D eigenvalue weighted by Gasteiger charge is 2.57. The minimum Gasteiger partial charge on any atom is -0.394 e. The van der Waals surface area contributed by atoms with Crippen molar-refractivity contribution >= 4 is 34.0 Å². The average molecular weight is 1240 g/mol. The quantitative estimate of drug-likeness (QED) is 0.0358. The number of carbonyl (C=O) groups excluding carboxylic acids is 4. The molecule has 0 aromatic heterocycles. The van der Waals surface area contributed by atoms with Gasteiger partial charge in [0.25, 0.3) is 0 Å². The van der Waals surface area contributed by atoms with Gasteiger partial charge in [0.2, 0.25) is 23.6 Å². The van der Waals surface area contributed by atoms with Gasteiger partial charge in [-0.15, -0.1) is 0 Å². The van der Waals surface area contributed by atoms with Crippen LogP contribution in [0.25, 0.3) is 0 Å². The first-order valence-electron chi connectivity index (χ1n) is 25.7. The van der Waals surface area contributed by atoms with Crippen molar-refractivity contribution in [3.05, 3.63) is 0 Å². The Kier molecular flexibility index (Phi) is 26.4. The average Bonchev–Trinajstić information content (AvgIpc) is 2.97. The van der Waals surface area contributed by atoms with Crippen molar-refractivity contribution < 1.29 is 165 Å². The summed E-state index contributed by atoms with van der Waals surface area (Å²) in [6.07, 6.45) is -49.8. The van der Waals surface area contributed by atoms with E-state index in [9.17, 15) is 114 Å². The Labute approximate surface area is 471 Å². The van der Waals surface area contributed by atoms with E-state index < -0.39 is 258 Å². The lowest BCUT2D eigenvalue weighted by Crippen LogP contribution is -2.69. The summed E-state index contributed by atoms with van der Waals surface area (Å²) in [5, 5.41) is 182. The van der Waals surface area contributed by atoms with Gasteiger partial charge in [-0.2, -0.15) is 8.42 Å². The highest BCUT2D eigenvalue weighted by atomic mass is 32.3. The lowest BCUT2D eigenvalue weighted by Gasteiger charge is -2.49. The first kappa shape index (κ1) is 70.5. The molecule has 0 aromatic rings. The maximum Gasteiger partial charge on any atom is 0.397 e. The number of nitrogens with one attached hydrogen (secondary N) is 4. The predicted octanol–water partition coefficient (Wildman–Crippen LogP) is -14.1. The molecular formula is C44H76N4O34S. The third-order valence-corrected chi connectivity index (χ3v) is 14.3. The van der Waals surface area contributed by atoms with Crippen molar-refractivity contribution in [3.8, 4) is 0 Å². The second-order valence-corrected chi connectivity index (χ2v) is 21.1. The summed E-state index contributed by atoms with van der Waals surface area (Å²) in [6, 6.07) is -7.10. The summed E-state index contributed by atoms with van der Waals surface area (Å²) in [7, 11) is -5.33. The first-order chi connectivity index (χ1) is 38.9. The molecule has 4 amide bonds. The number of aliphatic hydroxyl groups is 16. The first-order valence-corrected chi connectivity index (χ1v) is 27.0. The van der Waals surface area contributed by atoms with E-state index in [-0.39, 0.29) is 0 Å². The number of ether oxygens (including phenoxy) is 10. The largest absolute Gasteiger partial charge is 0.397 e. The fourth-order valence-electron chi connectivity index (χ4n) is 9.77. The van der Waals surface area contributed by atoms with E-state index in [0.717, 1.165) is 27.7 Å². The molecule has 0 aromatic carbocycles. The van der Waals surface area contributed by atoms with Gasteiger partial charge in [0.1, 0.15) is 140 Å². The van der Waals surface area contributed by atoms with Crippen LogP contribution in [0.1, 0.15) is 27.7 Å². The summed E-state index contributed by atoms with van der Waals surface area (Å²) in [6.45, 7) is -3.67. The molecule has 5 heterocycles. The fraction of sp³-hybridized carbons (Fsp3) is 0.909. The summed E-state index contributed by atoms with van der Waals surface area (Å²) in [5.74, 6) is -3.49. The van der Waals surface area contributed by atoms with E-state index in [1.54, 1.807) is 0 Å². The Balaban J connectivity index is 1.40. The molecule has 0 spiro atoms. The number of carbonyl (C=O) groups is 4. The van der Waals surface area contributed by atoms with Gasteiger partial charge in [-0.05, 0) is 0 Å². The van der Waals surface area contributed by atoms with Crippen LogP contribution in [-0.2, 0) is 81.1 Å². The van der Waals surface area contributed by atoms with Crippen LogP contribution in [-0.4, -0.2) is 342 Å². The smallest absolute Gasteiger partial charge is 0.394 e. The molecule has 0 aliphatic carbocycles. The van der Waals surface area contributed by atoms with Gasteiger partial charge in [0.15, 0.2) is 31.5 Å². The third kappa shape index (κ3) is 17.7. The van der Waals surface area contributed by atoms with Crippen molar-refractivity contribution in [3.63, 3.8) is 0 Å². The highest BCUT2D eigenvalue weighted by molar-refractivity contribution is 7.80. The number of amides is 4. The molecule has 0 unspecified atom stereocenters. The molecule has 5 rings (SSSR count). The van der Waals surface area contributed by atoms with Crippen LogP contribution in [0.15, 0.2) is 0 Å². The lowest BCUT2D eigenvalue weighted by molar-refractivity contribution is -0.372. The number of rotatable bonds is 26. The molecule has 38 nitrogen and oxygen atoms in total. The summed E-state index contributed by atoms with van der Waals surface area (Å²) < 4.78 is 94.7. The van der Waals surface area contributed by atoms with E-state index in [1.807, 2.05) is 0 Å². The Morgan fingerprint density at radius 2 is 0.904 bits per heavy atom. The highest BCUT2D eigenvalue weighted by Crippen LogP contribution is 2.35. The van der Waals surface area contributed by atoms with Gasteiger partial charge >= 0.3 is 10.4 Å². The maximum atomic E-state index is 12.6. The monoisotopic (exact) mass is 1240 g/mol. The van der Waals surface area contributed by atoms with E-state index in [2.05, 4.69) is 25.5 Å². The number of hydrogen-bond acceptors (Lipinski definition) is 33. The zero-order chi connectivity index (χ0) is 62.1. The zero-order valence-corrected chi connectivity index (χ0v) is 45.5. The van der Waals surface area contributed by atoms with Crippen LogP contribution in [0.3, 0.4) is 0 Å². The Morgan fingerprint density at radius 3 is 1.40 bits per heavy atom. The molecule has 21 N–H and O–H groups in total. The molecule has 5 aliphatic heterocycles. The fourth-order valence-corrected chi connectivity index (χ4v) is 10.1. The maximum absolute atomic E-state index is 12.6. The second-order valence-electron chi connectivity index (χ2n) is 20.0. The molecule has 5 aliphatic rings. The van der Waals surface area contributed by atoms with Crippen molar-refractivity contribution in [1.82, 2.24) is 21.3 Å². The van der Waals surface area contributed by atoms with Gasteiger partial charge in [-0.1, -0.05) is 0 Å². The van der Waals surface area contributed by atoms with Gasteiger partial charge in [0.05, 0.1) is 52.3 Å². The Morgan fingerprint density at radius 1 is 0.482 bits per heavy atom. The molecule has 482 valence electrons. The SMILES string of the molecule is CC(=O)N[C@H]1[C@H](O[C@H]2[C@@H](O)[C@@H](CO)O[C@@H](O[C@@H]([C@@H](O)[C@H](O)CO[C@@H]3O[C@H](COS(=O)(=O)O)[C@@H](O[C@@H]4O[C@H](CO)[C@H](O)[C@H](O)[C@H]4NC(C)=O)[C@H](O)[C@H]3NC(C)=O)[C@H](CO)NC(C)=O)[C@@H]2O)O[C@H](CO)[C@@H](O[C@@H]2O[C@H](CO)[C@H](O)[C@H](O)[C@H]2O)[C@@H]1O. The molecule has 0 radical (unpaired) electrons. The van der Waals surface area contributed by atoms with Crippen LogP contribution in [0, 0.1) is 0 Å². The van der Waals surface area contributed by atoms with E-state index in [4.69, 9.17) is 47.4 Å². The minimum atomic E-state index is -5.33. The van der Waals surface area contributed by atoms with E-state index in [0.29, 0.717) is 0 Å². The second kappa shape index (κ2) is 31.1. The van der Waals surface area contributed by atoms with Gasteiger partial charge in [-0.3, -0.25) is 23.7 Å². The molecule has 5 fully saturated rings. The molecule has 83 heavy (non-hydrogen) atoms. The van der Waals surface area contributed by atoms with Crippen LogP contribution in [0.2, 0.25) is 0 Å². The van der Waals surface area contributed by atoms with Crippen molar-refractivity contribution in [2.24, 2.45) is 0 Å². The van der Waals surface area contributed by atoms with Crippen molar-refractivity contribution in [2.75, 3.05) is 46.2 Å². The van der Waals surface area contributed by atoms with Crippen LogP contribution in [0.4, 0.5) is 0 Å². The molecule has 39 heteroatoms. The van der Waals surface area contributed by atoms with E-state index in [1.165, 1.54) is 0 Å². The summed E-state index contributed by atoms with van der Waals surface area (Å²) >= 11 is 0. The number of aliphatic hydroxyl groups excluding tert-OH is 16. The minimum absolute atomic E-state index is 0.813. The topological polar surface area (TPSA) is 596 Å². The molecule has 5 saturated heterocycles. The molecule has 0 bridgehead atoms. The van der Waals surface area contributed by atoms with Crippen LogP contribution < -0.4 is 21.3 Å². The van der Waals surface area contributed by atoms with Gasteiger partial charge < -0.3 is 150 Å². The standard InChI is InChI=1S/C44H76N4O34S/c1-12(54)45-16(5-49)36(26(59)17(58)10-72-40-24(47-14(3)56)31(64)38(22(78-40)11-73-83(69,70)71)80-41-23(46-13(2)55)30(63)27(60)18(6-50)74-41)79-44-35(68)39(29(62)20(8-52)76-44)82-42-25(48-15(4)57)32(65)37(21(9-53)77-42)81-43-34(67)33(66)28(61)19(7-51)75-43/h16-44,49-53,58-68H,5-11H2,1-4H3,(H,45,54)(H,46,55)(H,47,56)(H,48,57)(H,69,70,71)/t16-,17+,18+,19+,20+,21+,22+,23+,24+,25+,26-,27-,28-,29-,30+,31+,32+,33-,34+,35+,36+,37+,38+,39-,40+,41-,42-,43-,44-/m0/s1. The Hall–Kier alpha value is -3.29. The predicted molar refractivity (Wildman–Crippen MR) is 258 cm³/mol. The third-order valence-electron chi connectivity index (χ3n) is 13.9. The zero-order valence-electron chi connectivity index (χ0n) is 44.6. The summed E-state index contributed by atoms with van der Waals surface area (Å²) in [4.78, 5) is 49.6.